The van der Waals surface area contributed by atoms with E-state index in [1.54, 1.807) is 18.2 Å². The second kappa shape index (κ2) is 6.27. The number of rotatable bonds is 5. The van der Waals surface area contributed by atoms with Crippen LogP contribution in [0.3, 0.4) is 0 Å². The van der Waals surface area contributed by atoms with E-state index in [0.717, 1.165) is 12.1 Å². The summed E-state index contributed by atoms with van der Waals surface area (Å²) in [6.45, 7) is 2.60. The molecule has 4 N–H and O–H groups in total. The fraction of sp³-hybridized carbons (Fsp3) is 0.429. The minimum Gasteiger partial charge on any atom is -0.491 e. The highest BCUT2D eigenvalue weighted by Crippen LogP contribution is 2.26. The fourth-order valence-corrected chi connectivity index (χ4v) is 1.99. The molecule has 2 rings (SSSR count). The first kappa shape index (κ1) is 14.2. The van der Waals surface area contributed by atoms with Gasteiger partial charge in [-0.2, -0.15) is 0 Å². The zero-order chi connectivity index (χ0) is 14.5. The maximum atomic E-state index is 11.7. The maximum Gasteiger partial charge on any atom is 0.249 e. The van der Waals surface area contributed by atoms with Gasteiger partial charge in [-0.1, -0.05) is 6.92 Å². The van der Waals surface area contributed by atoms with Gasteiger partial charge < -0.3 is 15.8 Å². The topological polar surface area (TPSA) is 93.5 Å². The van der Waals surface area contributed by atoms with Gasteiger partial charge in [0.25, 0.3) is 0 Å². The van der Waals surface area contributed by atoms with E-state index in [-0.39, 0.29) is 11.8 Å². The number of nitrogens with two attached hydrogens (primary N) is 1. The van der Waals surface area contributed by atoms with Gasteiger partial charge in [0.1, 0.15) is 11.8 Å². The Morgan fingerprint density at radius 2 is 2.25 bits per heavy atom. The molecule has 20 heavy (non-hydrogen) atoms. The smallest absolute Gasteiger partial charge is 0.249 e. The van der Waals surface area contributed by atoms with Crippen molar-refractivity contribution >= 4 is 23.2 Å². The third kappa shape index (κ3) is 3.40. The van der Waals surface area contributed by atoms with E-state index in [4.69, 9.17) is 10.5 Å². The third-order valence-electron chi connectivity index (χ3n) is 3.06. The van der Waals surface area contributed by atoms with Gasteiger partial charge in [0.15, 0.2) is 0 Å². The molecule has 1 aromatic rings. The Bertz CT molecular complexity index is 516. The van der Waals surface area contributed by atoms with Crippen molar-refractivity contribution in [3.8, 4) is 5.75 Å². The predicted molar refractivity (Wildman–Crippen MR) is 76.4 cm³/mol. The molecule has 0 bridgehead atoms. The molecule has 6 nitrogen and oxygen atoms in total. The number of anilines is 2. The van der Waals surface area contributed by atoms with Crippen molar-refractivity contribution in [1.82, 2.24) is 5.32 Å². The molecule has 1 aliphatic rings. The van der Waals surface area contributed by atoms with Crippen molar-refractivity contribution in [3.63, 3.8) is 0 Å². The lowest BCUT2D eigenvalue weighted by Gasteiger charge is -2.23. The summed E-state index contributed by atoms with van der Waals surface area (Å²) in [6.07, 6.45) is 1.72. The molecule has 1 aliphatic heterocycles. The summed E-state index contributed by atoms with van der Waals surface area (Å²) in [5.41, 5.74) is 7.14. The van der Waals surface area contributed by atoms with Crippen LogP contribution in [0.5, 0.6) is 5.75 Å². The summed E-state index contributed by atoms with van der Waals surface area (Å²) in [7, 11) is 0. The van der Waals surface area contributed by atoms with E-state index in [1.165, 1.54) is 0 Å². The Labute approximate surface area is 117 Å². The van der Waals surface area contributed by atoms with E-state index >= 15 is 0 Å². The van der Waals surface area contributed by atoms with Gasteiger partial charge in [-0.15, -0.1) is 0 Å². The predicted octanol–water partition coefficient (Wildman–Crippen LogP) is 1.27. The van der Waals surface area contributed by atoms with Crippen LogP contribution < -0.4 is 21.1 Å². The number of amides is 2. The van der Waals surface area contributed by atoms with Gasteiger partial charge >= 0.3 is 0 Å². The Kier molecular flexibility index (Phi) is 4.45. The first-order valence-electron chi connectivity index (χ1n) is 6.72. The van der Waals surface area contributed by atoms with Crippen molar-refractivity contribution in [2.24, 2.45) is 0 Å². The van der Waals surface area contributed by atoms with Crippen LogP contribution in [0.25, 0.3) is 0 Å². The van der Waals surface area contributed by atoms with E-state index in [2.05, 4.69) is 10.6 Å². The standard InChI is InChI=1S/C14H19N3O3/c1-2-7-20-12-8-9(3-4-10(12)15)16-11-5-6-13(18)17-14(11)19/h3-4,8,11,16H,2,5-7,15H2,1H3,(H,17,18,19). The zero-order valence-electron chi connectivity index (χ0n) is 11.4. The van der Waals surface area contributed by atoms with Gasteiger partial charge in [0, 0.05) is 18.2 Å². The quantitative estimate of drug-likeness (QED) is 0.557. The molecule has 1 unspecified atom stereocenters. The first-order valence-corrected chi connectivity index (χ1v) is 6.72. The van der Waals surface area contributed by atoms with E-state index in [9.17, 15) is 9.59 Å². The lowest BCUT2D eigenvalue weighted by atomic mass is 10.1. The van der Waals surface area contributed by atoms with Crippen LogP contribution in [-0.4, -0.2) is 24.5 Å². The number of nitrogen functional groups attached to an aromatic ring is 1. The van der Waals surface area contributed by atoms with Crippen molar-refractivity contribution < 1.29 is 14.3 Å². The summed E-state index contributed by atoms with van der Waals surface area (Å²) in [4.78, 5) is 22.8. The number of imide groups is 1. The molecule has 0 aromatic heterocycles. The molecule has 0 spiro atoms. The molecule has 6 heteroatoms. The molecule has 108 valence electrons. The maximum absolute atomic E-state index is 11.7. The lowest BCUT2D eigenvalue weighted by Crippen LogP contribution is -2.47. The summed E-state index contributed by atoms with van der Waals surface area (Å²) < 4.78 is 5.54. The molecule has 1 saturated heterocycles. The number of ether oxygens (including phenoxy) is 1. The largest absolute Gasteiger partial charge is 0.491 e. The van der Waals surface area contributed by atoms with Crippen molar-refractivity contribution in [3.05, 3.63) is 18.2 Å². The summed E-state index contributed by atoms with van der Waals surface area (Å²) in [6, 6.07) is 4.89. The van der Waals surface area contributed by atoms with Crippen LogP contribution in [0, 0.1) is 0 Å². The molecule has 0 saturated carbocycles. The van der Waals surface area contributed by atoms with E-state index < -0.39 is 6.04 Å². The second-order valence-electron chi connectivity index (χ2n) is 4.75. The molecule has 0 aliphatic carbocycles. The molecular formula is C14H19N3O3. The monoisotopic (exact) mass is 277 g/mol. The number of carbonyl (C=O) groups is 2. The number of hydrogen-bond acceptors (Lipinski definition) is 5. The number of hydrogen-bond donors (Lipinski definition) is 3. The number of nitrogens with one attached hydrogen (secondary N) is 2. The van der Waals surface area contributed by atoms with Gasteiger partial charge in [-0.3, -0.25) is 14.9 Å². The van der Waals surface area contributed by atoms with Crippen LogP contribution in [0.1, 0.15) is 26.2 Å². The number of piperidine rings is 1. The SMILES string of the molecule is CCCOc1cc(NC2CCC(=O)NC2=O)ccc1N. The molecular weight excluding hydrogens is 258 g/mol. The van der Waals surface area contributed by atoms with Crippen LogP contribution in [0.15, 0.2) is 18.2 Å². The Morgan fingerprint density at radius 3 is 2.95 bits per heavy atom. The molecule has 0 radical (unpaired) electrons. The van der Waals surface area contributed by atoms with Gasteiger partial charge in [0.05, 0.1) is 12.3 Å². The Balaban J connectivity index is 2.05. The lowest BCUT2D eigenvalue weighted by molar-refractivity contribution is -0.133. The Hall–Kier alpha value is -2.24. The normalized spacial score (nSPS) is 18.6. The van der Waals surface area contributed by atoms with Crippen molar-refractivity contribution in [2.75, 3.05) is 17.7 Å². The third-order valence-corrected chi connectivity index (χ3v) is 3.06. The van der Waals surface area contributed by atoms with Gasteiger partial charge in [-0.25, -0.2) is 0 Å². The minimum atomic E-state index is -0.407. The average molecular weight is 277 g/mol. The summed E-state index contributed by atoms with van der Waals surface area (Å²) in [5, 5.41) is 5.41. The zero-order valence-corrected chi connectivity index (χ0v) is 11.4. The molecule has 1 heterocycles. The average Bonchev–Trinajstić information content (AvgIpc) is 2.42. The van der Waals surface area contributed by atoms with Gasteiger partial charge in [0.2, 0.25) is 11.8 Å². The molecule has 1 aromatic carbocycles. The number of carbonyl (C=O) groups excluding carboxylic acids is 2. The van der Waals surface area contributed by atoms with E-state index in [0.29, 0.717) is 30.9 Å². The molecule has 1 fully saturated rings. The summed E-state index contributed by atoms with van der Waals surface area (Å²) in [5.74, 6) is 0.0792. The van der Waals surface area contributed by atoms with Crippen LogP contribution >= 0.6 is 0 Å². The highest BCUT2D eigenvalue weighted by Gasteiger charge is 2.26. The van der Waals surface area contributed by atoms with Crippen LogP contribution in [-0.2, 0) is 9.59 Å². The second-order valence-corrected chi connectivity index (χ2v) is 4.75. The Morgan fingerprint density at radius 1 is 1.45 bits per heavy atom. The van der Waals surface area contributed by atoms with Crippen molar-refractivity contribution in [1.29, 1.82) is 0 Å². The van der Waals surface area contributed by atoms with E-state index in [1.807, 2.05) is 6.92 Å². The fourth-order valence-electron chi connectivity index (χ4n) is 1.99. The highest BCUT2D eigenvalue weighted by molar-refractivity contribution is 6.01. The van der Waals surface area contributed by atoms with Crippen molar-refractivity contribution in [2.45, 2.75) is 32.2 Å². The first-order chi connectivity index (χ1) is 9.60. The molecule has 2 amide bonds. The van der Waals surface area contributed by atoms with Gasteiger partial charge in [-0.05, 0) is 25.0 Å². The highest BCUT2D eigenvalue weighted by atomic mass is 16.5. The summed E-state index contributed by atoms with van der Waals surface area (Å²) >= 11 is 0. The van der Waals surface area contributed by atoms with Crippen LogP contribution in [0.2, 0.25) is 0 Å². The number of benzene rings is 1. The minimum absolute atomic E-state index is 0.225. The molecule has 1 atom stereocenters. The van der Waals surface area contributed by atoms with Crippen LogP contribution in [0.4, 0.5) is 11.4 Å².